The molecule has 1 unspecified atom stereocenters. The lowest BCUT2D eigenvalue weighted by Gasteiger charge is -2.25. The number of hydrogen-bond acceptors (Lipinski definition) is 4. The van der Waals surface area contributed by atoms with Gasteiger partial charge in [0.15, 0.2) is 6.29 Å². The third kappa shape index (κ3) is 2.31. The predicted octanol–water partition coefficient (Wildman–Crippen LogP) is 1.84. The van der Waals surface area contributed by atoms with E-state index in [0.29, 0.717) is 11.7 Å². The molecule has 4 heteroatoms. The van der Waals surface area contributed by atoms with Crippen molar-refractivity contribution in [1.29, 1.82) is 0 Å². The van der Waals surface area contributed by atoms with Gasteiger partial charge in [-0.2, -0.15) is 11.8 Å². The summed E-state index contributed by atoms with van der Waals surface area (Å²) in [6.45, 7) is 0. The molecule has 0 amide bonds. The van der Waals surface area contributed by atoms with Gasteiger partial charge in [-0.15, -0.1) is 0 Å². The lowest BCUT2D eigenvalue weighted by Crippen LogP contribution is -2.31. The van der Waals surface area contributed by atoms with Crippen molar-refractivity contribution in [3.63, 3.8) is 0 Å². The van der Waals surface area contributed by atoms with Crippen LogP contribution < -0.4 is 4.90 Å². The zero-order chi connectivity index (χ0) is 10.7. The molecule has 0 N–H and O–H groups in total. The van der Waals surface area contributed by atoms with Gasteiger partial charge < -0.3 is 4.90 Å². The van der Waals surface area contributed by atoms with Crippen molar-refractivity contribution >= 4 is 23.7 Å². The number of aldehydes is 1. The minimum atomic E-state index is 0.493. The molecule has 2 rings (SSSR count). The largest absolute Gasteiger partial charge is 0.370 e. The van der Waals surface area contributed by atoms with Gasteiger partial charge in [0.25, 0.3) is 0 Å². The van der Waals surface area contributed by atoms with Gasteiger partial charge in [0, 0.05) is 18.8 Å². The Hall–Kier alpha value is -1.03. The highest BCUT2D eigenvalue weighted by atomic mass is 32.2. The fraction of sp³-hybridized carbons (Fsp3) is 0.455. The number of pyridine rings is 1. The van der Waals surface area contributed by atoms with E-state index in [1.165, 1.54) is 17.9 Å². The van der Waals surface area contributed by atoms with Gasteiger partial charge in [-0.05, 0) is 24.3 Å². The fourth-order valence-electron chi connectivity index (χ4n) is 1.71. The molecule has 0 spiro atoms. The number of aromatic nitrogens is 1. The van der Waals surface area contributed by atoms with Gasteiger partial charge in [-0.1, -0.05) is 0 Å². The van der Waals surface area contributed by atoms with Crippen molar-refractivity contribution in [2.75, 3.05) is 23.5 Å². The lowest BCUT2D eigenvalue weighted by molar-refractivity contribution is 0.111. The first kappa shape index (κ1) is 10.5. The Bertz CT molecular complexity index is 333. The minimum absolute atomic E-state index is 0.493. The summed E-state index contributed by atoms with van der Waals surface area (Å²) in [5.74, 6) is 2.43. The van der Waals surface area contributed by atoms with Gasteiger partial charge in [0.2, 0.25) is 0 Å². The SMILES string of the molecule is CN(c1ccc(C=O)nc1)C1CCSC1. The summed E-state index contributed by atoms with van der Waals surface area (Å²) in [4.78, 5) is 16.8. The van der Waals surface area contributed by atoms with Crippen molar-refractivity contribution < 1.29 is 4.79 Å². The molecule has 1 aliphatic rings. The van der Waals surface area contributed by atoms with Crippen LogP contribution in [0, 0.1) is 0 Å². The second-order valence-electron chi connectivity index (χ2n) is 3.69. The lowest BCUT2D eigenvalue weighted by atomic mass is 10.2. The number of rotatable bonds is 3. The van der Waals surface area contributed by atoms with Crippen LogP contribution in [0.2, 0.25) is 0 Å². The second kappa shape index (κ2) is 4.66. The Morgan fingerprint density at radius 3 is 3.00 bits per heavy atom. The van der Waals surface area contributed by atoms with Crippen molar-refractivity contribution in [2.24, 2.45) is 0 Å². The molecule has 15 heavy (non-hydrogen) atoms. The summed E-state index contributed by atoms with van der Waals surface area (Å²) in [6, 6.07) is 4.33. The van der Waals surface area contributed by atoms with Gasteiger partial charge in [-0.3, -0.25) is 9.78 Å². The van der Waals surface area contributed by atoms with E-state index in [-0.39, 0.29) is 0 Å². The van der Waals surface area contributed by atoms with E-state index in [1.54, 1.807) is 12.3 Å². The number of thioether (sulfide) groups is 1. The molecule has 1 fully saturated rings. The predicted molar refractivity (Wildman–Crippen MR) is 63.8 cm³/mol. The van der Waals surface area contributed by atoms with E-state index < -0.39 is 0 Å². The van der Waals surface area contributed by atoms with Gasteiger partial charge in [0.1, 0.15) is 5.69 Å². The van der Waals surface area contributed by atoms with E-state index in [0.717, 1.165) is 12.0 Å². The summed E-state index contributed by atoms with van der Waals surface area (Å²) in [6.07, 6.45) is 3.78. The van der Waals surface area contributed by atoms with E-state index in [4.69, 9.17) is 0 Å². The summed E-state index contributed by atoms with van der Waals surface area (Å²) in [5.41, 5.74) is 1.58. The Morgan fingerprint density at radius 1 is 1.60 bits per heavy atom. The van der Waals surface area contributed by atoms with E-state index >= 15 is 0 Å². The molecule has 1 aliphatic heterocycles. The molecule has 1 atom stereocenters. The van der Waals surface area contributed by atoms with Crippen LogP contribution in [-0.4, -0.2) is 35.9 Å². The average Bonchev–Trinajstić information content (AvgIpc) is 2.82. The summed E-state index contributed by atoms with van der Waals surface area (Å²) in [5, 5.41) is 0. The molecule has 2 heterocycles. The molecule has 3 nitrogen and oxygen atoms in total. The van der Waals surface area contributed by atoms with Crippen LogP contribution >= 0.6 is 11.8 Å². The Morgan fingerprint density at radius 2 is 2.47 bits per heavy atom. The Kier molecular flexibility index (Phi) is 3.26. The number of anilines is 1. The van der Waals surface area contributed by atoms with Crippen molar-refractivity contribution in [3.8, 4) is 0 Å². The summed E-state index contributed by atoms with van der Waals surface area (Å²) < 4.78 is 0. The van der Waals surface area contributed by atoms with Gasteiger partial charge in [-0.25, -0.2) is 0 Å². The Labute approximate surface area is 93.9 Å². The monoisotopic (exact) mass is 222 g/mol. The standard InChI is InChI=1S/C11H14N2OS/c1-13(11-4-5-15-8-11)10-3-2-9(7-14)12-6-10/h2-3,6-7,11H,4-5,8H2,1H3. The molecule has 0 aromatic carbocycles. The zero-order valence-corrected chi connectivity index (χ0v) is 9.54. The van der Waals surface area contributed by atoms with Crippen LogP contribution in [0.1, 0.15) is 16.9 Å². The molecule has 1 aromatic rings. The van der Waals surface area contributed by atoms with Gasteiger partial charge >= 0.3 is 0 Å². The van der Waals surface area contributed by atoms with Crippen LogP contribution in [-0.2, 0) is 0 Å². The van der Waals surface area contributed by atoms with E-state index in [2.05, 4.69) is 16.9 Å². The number of carbonyl (C=O) groups excluding carboxylic acids is 1. The maximum absolute atomic E-state index is 10.5. The number of hydrogen-bond donors (Lipinski definition) is 0. The minimum Gasteiger partial charge on any atom is -0.370 e. The van der Waals surface area contributed by atoms with E-state index in [9.17, 15) is 4.79 Å². The Balaban J connectivity index is 2.10. The quantitative estimate of drug-likeness (QED) is 0.731. The topological polar surface area (TPSA) is 33.2 Å². The highest BCUT2D eigenvalue weighted by Gasteiger charge is 2.20. The molecular weight excluding hydrogens is 208 g/mol. The fourth-order valence-corrected chi connectivity index (χ4v) is 2.98. The van der Waals surface area contributed by atoms with Crippen molar-refractivity contribution in [1.82, 2.24) is 4.98 Å². The van der Waals surface area contributed by atoms with Crippen LogP contribution in [0.3, 0.4) is 0 Å². The maximum Gasteiger partial charge on any atom is 0.168 e. The molecule has 0 aliphatic carbocycles. The summed E-state index contributed by atoms with van der Waals surface area (Å²) in [7, 11) is 2.09. The first-order valence-corrected chi connectivity index (χ1v) is 6.18. The normalized spacial score (nSPS) is 20.2. The maximum atomic E-state index is 10.5. The van der Waals surface area contributed by atoms with Crippen LogP contribution in [0.15, 0.2) is 18.3 Å². The molecular formula is C11H14N2OS. The smallest absolute Gasteiger partial charge is 0.168 e. The molecule has 0 bridgehead atoms. The molecule has 1 aromatic heterocycles. The zero-order valence-electron chi connectivity index (χ0n) is 8.72. The van der Waals surface area contributed by atoms with Crippen LogP contribution in [0.5, 0.6) is 0 Å². The van der Waals surface area contributed by atoms with Crippen molar-refractivity contribution in [3.05, 3.63) is 24.0 Å². The molecule has 0 radical (unpaired) electrons. The first-order chi connectivity index (χ1) is 7.31. The number of nitrogens with zero attached hydrogens (tertiary/aromatic N) is 2. The molecule has 1 saturated heterocycles. The molecule has 80 valence electrons. The summed E-state index contributed by atoms with van der Waals surface area (Å²) >= 11 is 1.99. The van der Waals surface area contributed by atoms with Gasteiger partial charge in [0.05, 0.1) is 11.9 Å². The number of carbonyl (C=O) groups is 1. The van der Waals surface area contributed by atoms with Crippen LogP contribution in [0.4, 0.5) is 5.69 Å². The first-order valence-electron chi connectivity index (χ1n) is 5.03. The highest BCUT2D eigenvalue weighted by Crippen LogP contribution is 2.25. The van der Waals surface area contributed by atoms with Crippen LogP contribution in [0.25, 0.3) is 0 Å². The van der Waals surface area contributed by atoms with E-state index in [1.807, 2.05) is 17.8 Å². The third-order valence-corrected chi connectivity index (χ3v) is 3.90. The molecule has 0 saturated carbocycles. The second-order valence-corrected chi connectivity index (χ2v) is 4.84. The third-order valence-electron chi connectivity index (χ3n) is 2.75. The average molecular weight is 222 g/mol. The highest BCUT2D eigenvalue weighted by molar-refractivity contribution is 7.99. The van der Waals surface area contributed by atoms with Crippen molar-refractivity contribution in [2.45, 2.75) is 12.5 Å².